The summed E-state index contributed by atoms with van der Waals surface area (Å²) in [5, 5.41) is 14.4. The van der Waals surface area contributed by atoms with E-state index in [1.165, 1.54) is 24.3 Å². The van der Waals surface area contributed by atoms with Crippen LogP contribution in [-0.2, 0) is 4.79 Å². The second-order valence-electron chi connectivity index (χ2n) is 5.15. The van der Waals surface area contributed by atoms with Crippen LogP contribution in [0.5, 0.6) is 5.75 Å². The fraction of sp³-hybridized carbons (Fsp3) is 0.0556. The van der Waals surface area contributed by atoms with Gasteiger partial charge in [-0.2, -0.15) is 4.98 Å². The second-order valence-corrected chi connectivity index (χ2v) is 5.56. The van der Waals surface area contributed by atoms with E-state index in [0.717, 1.165) is 5.56 Å². The van der Waals surface area contributed by atoms with E-state index in [0.29, 0.717) is 11.3 Å². The zero-order chi connectivity index (χ0) is 18.5. The van der Waals surface area contributed by atoms with Gasteiger partial charge in [-0.1, -0.05) is 28.9 Å². The third-order valence-electron chi connectivity index (χ3n) is 3.26. The molecule has 0 spiro atoms. The Kier molecular flexibility index (Phi) is 5.28. The molecule has 8 heteroatoms. The van der Waals surface area contributed by atoms with Crippen LogP contribution >= 0.6 is 11.6 Å². The number of nitrogens with zero attached hydrogens (tertiary/aromatic N) is 2. The van der Waals surface area contributed by atoms with E-state index in [1.54, 1.807) is 30.3 Å². The lowest BCUT2D eigenvalue weighted by atomic mass is 10.2. The van der Waals surface area contributed by atoms with E-state index >= 15 is 0 Å². The van der Waals surface area contributed by atoms with Crippen molar-refractivity contribution in [1.29, 1.82) is 0 Å². The summed E-state index contributed by atoms with van der Waals surface area (Å²) in [5.41, 5.74) is 1.32. The molecule has 26 heavy (non-hydrogen) atoms. The Labute approximate surface area is 152 Å². The first-order valence-electron chi connectivity index (χ1n) is 7.41. The Morgan fingerprint density at radius 1 is 1.19 bits per heavy atom. The van der Waals surface area contributed by atoms with Crippen LogP contribution < -0.4 is 9.84 Å². The maximum Gasteiger partial charge on any atom is 0.269 e. The number of aliphatic carboxylic acids is 1. The minimum Gasteiger partial charge on any atom is -0.546 e. The topological polar surface area (TPSA) is 88.3 Å². The van der Waals surface area contributed by atoms with Gasteiger partial charge in [0.25, 0.3) is 5.89 Å². The lowest BCUT2D eigenvalue weighted by Gasteiger charge is -2.06. The summed E-state index contributed by atoms with van der Waals surface area (Å²) in [6.07, 6.45) is 1.60. The highest BCUT2D eigenvalue weighted by molar-refractivity contribution is 6.50. The smallest absolute Gasteiger partial charge is 0.269 e. The standard InChI is InChI=1S/C18H12ClFN2O4/c19-15(9-11-1-7-14(8-2-11)25-10-16(23)24)18-21-17(22-26-18)12-3-5-13(20)6-4-12/h1-9H,10H2,(H,23,24)/p-1/b15-9-. The zero-order valence-electron chi connectivity index (χ0n) is 13.2. The highest BCUT2D eigenvalue weighted by atomic mass is 35.5. The largest absolute Gasteiger partial charge is 0.546 e. The number of ether oxygens (including phenoxy) is 1. The molecule has 0 aliphatic carbocycles. The lowest BCUT2D eigenvalue weighted by Crippen LogP contribution is -2.28. The summed E-state index contributed by atoms with van der Waals surface area (Å²) in [6, 6.07) is 12.2. The Morgan fingerprint density at radius 3 is 2.54 bits per heavy atom. The fourth-order valence-electron chi connectivity index (χ4n) is 2.05. The summed E-state index contributed by atoms with van der Waals surface area (Å²) in [5.74, 6) is -0.868. The van der Waals surface area contributed by atoms with Gasteiger partial charge in [0.15, 0.2) is 0 Å². The van der Waals surface area contributed by atoms with E-state index < -0.39 is 12.6 Å². The van der Waals surface area contributed by atoms with Gasteiger partial charge < -0.3 is 19.2 Å². The summed E-state index contributed by atoms with van der Waals surface area (Å²) in [4.78, 5) is 14.5. The number of aromatic nitrogens is 2. The Morgan fingerprint density at radius 2 is 1.88 bits per heavy atom. The van der Waals surface area contributed by atoms with Crippen LogP contribution in [0.2, 0.25) is 0 Å². The second kappa shape index (κ2) is 7.79. The van der Waals surface area contributed by atoms with Crippen LogP contribution in [0.25, 0.3) is 22.5 Å². The normalized spacial score (nSPS) is 11.4. The number of hydrogen-bond acceptors (Lipinski definition) is 6. The van der Waals surface area contributed by atoms with Gasteiger partial charge in [-0.3, -0.25) is 0 Å². The number of hydrogen-bond donors (Lipinski definition) is 0. The summed E-state index contributed by atoms with van der Waals surface area (Å²) in [6.45, 7) is -0.524. The van der Waals surface area contributed by atoms with Crippen molar-refractivity contribution in [1.82, 2.24) is 10.1 Å². The molecule has 0 saturated heterocycles. The SMILES string of the molecule is O=C([O-])COc1ccc(/C=C(\Cl)c2nc(-c3ccc(F)cc3)no2)cc1. The highest BCUT2D eigenvalue weighted by Gasteiger charge is 2.11. The zero-order valence-corrected chi connectivity index (χ0v) is 13.9. The highest BCUT2D eigenvalue weighted by Crippen LogP contribution is 2.24. The van der Waals surface area contributed by atoms with Gasteiger partial charge in [0.2, 0.25) is 5.82 Å². The van der Waals surface area contributed by atoms with Gasteiger partial charge in [-0.05, 0) is 48.0 Å². The summed E-state index contributed by atoms with van der Waals surface area (Å²) >= 11 is 6.20. The molecule has 1 heterocycles. The molecule has 132 valence electrons. The van der Waals surface area contributed by atoms with Crippen molar-refractivity contribution in [3.05, 3.63) is 65.8 Å². The minimum absolute atomic E-state index is 0.114. The van der Waals surface area contributed by atoms with Crippen LogP contribution in [0.1, 0.15) is 11.5 Å². The molecule has 0 N–H and O–H groups in total. The third-order valence-corrected chi connectivity index (χ3v) is 3.53. The molecule has 0 aliphatic rings. The van der Waals surface area contributed by atoms with E-state index in [9.17, 15) is 14.3 Å². The Bertz CT molecular complexity index is 937. The molecule has 0 radical (unpaired) electrons. The molecule has 1 aromatic heterocycles. The number of benzene rings is 2. The van der Waals surface area contributed by atoms with Crippen molar-refractivity contribution in [2.75, 3.05) is 6.61 Å². The lowest BCUT2D eigenvalue weighted by molar-refractivity contribution is -0.307. The molecule has 0 saturated carbocycles. The molecule has 0 aliphatic heterocycles. The van der Waals surface area contributed by atoms with Crippen LogP contribution in [-0.4, -0.2) is 22.7 Å². The molecule has 2 aromatic carbocycles. The predicted octanol–water partition coefficient (Wildman–Crippen LogP) is 2.74. The van der Waals surface area contributed by atoms with Gasteiger partial charge in [-0.25, -0.2) is 4.39 Å². The average Bonchev–Trinajstić information content (AvgIpc) is 3.12. The minimum atomic E-state index is -1.30. The van der Waals surface area contributed by atoms with Crippen molar-refractivity contribution in [3.8, 4) is 17.1 Å². The van der Waals surface area contributed by atoms with Crippen molar-refractivity contribution in [3.63, 3.8) is 0 Å². The van der Waals surface area contributed by atoms with Crippen molar-refractivity contribution in [2.24, 2.45) is 0 Å². The van der Waals surface area contributed by atoms with Gasteiger partial charge in [0.1, 0.15) is 23.2 Å². The van der Waals surface area contributed by atoms with Crippen molar-refractivity contribution < 1.29 is 23.6 Å². The average molecular weight is 374 g/mol. The molecular formula is C18H11ClFN2O4-. The molecule has 0 unspecified atom stereocenters. The quantitative estimate of drug-likeness (QED) is 0.660. The monoisotopic (exact) mass is 373 g/mol. The van der Waals surface area contributed by atoms with Gasteiger partial charge in [0, 0.05) is 5.56 Å². The molecule has 3 rings (SSSR count). The number of carboxylic acid groups (broad SMARTS) is 1. The molecule has 3 aromatic rings. The van der Waals surface area contributed by atoms with Crippen molar-refractivity contribution in [2.45, 2.75) is 0 Å². The number of rotatable bonds is 6. The van der Waals surface area contributed by atoms with Crippen LogP contribution in [0.3, 0.4) is 0 Å². The number of carbonyl (C=O) groups excluding carboxylic acids is 1. The Hall–Kier alpha value is -3.19. The van der Waals surface area contributed by atoms with Crippen LogP contribution in [0, 0.1) is 5.82 Å². The van der Waals surface area contributed by atoms with E-state index in [2.05, 4.69) is 10.1 Å². The van der Waals surface area contributed by atoms with E-state index in [4.69, 9.17) is 20.9 Å². The number of carbonyl (C=O) groups is 1. The van der Waals surface area contributed by atoms with Crippen LogP contribution in [0.4, 0.5) is 4.39 Å². The summed E-state index contributed by atoms with van der Waals surface area (Å²) in [7, 11) is 0. The van der Waals surface area contributed by atoms with Crippen molar-refractivity contribution >= 4 is 28.7 Å². The molecule has 0 atom stereocenters. The van der Waals surface area contributed by atoms with E-state index in [-0.39, 0.29) is 22.6 Å². The van der Waals surface area contributed by atoms with Gasteiger partial charge >= 0.3 is 0 Å². The van der Waals surface area contributed by atoms with Gasteiger partial charge in [0.05, 0.1) is 5.97 Å². The molecule has 0 bridgehead atoms. The third kappa shape index (κ3) is 4.46. The fourth-order valence-corrected chi connectivity index (χ4v) is 2.25. The maximum atomic E-state index is 13.0. The van der Waals surface area contributed by atoms with E-state index in [1.807, 2.05) is 0 Å². The first kappa shape index (κ1) is 17.6. The molecular weight excluding hydrogens is 363 g/mol. The molecule has 6 nitrogen and oxygen atoms in total. The first-order valence-corrected chi connectivity index (χ1v) is 7.79. The van der Waals surface area contributed by atoms with Gasteiger partial charge in [-0.15, -0.1) is 0 Å². The molecule has 0 fully saturated rings. The maximum absolute atomic E-state index is 13.0. The number of halogens is 2. The first-order chi connectivity index (χ1) is 12.5. The summed E-state index contributed by atoms with van der Waals surface area (Å²) < 4.78 is 23.1. The molecule has 0 amide bonds. The predicted molar refractivity (Wildman–Crippen MR) is 90.4 cm³/mol. The number of carboxylic acids is 1. The Balaban J connectivity index is 1.73. The van der Waals surface area contributed by atoms with Crippen LogP contribution in [0.15, 0.2) is 53.1 Å².